The van der Waals surface area contributed by atoms with Crippen molar-refractivity contribution in [3.63, 3.8) is 0 Å². The molecule has 4 aromatic rings. The van der Waals surface area contributed by atoms with Crippen LogP contribution in [0.4, 0.5) is 5.82 Å². The highest BCUT2D eigenvalue weighted by Crippen LogP contribution is 2.50. The molecular formula is C21H16N4O2S. The Balaban J connectivity index is 1.82. The van der Waals surface area contributed by atoms with E-state index in [9.17, 15) is 0 Å². The van der Waals surface area contributed by atoms with Gasteiger partial charge in [-0.25, -0.2) is 0 Å². The Hall–Kier alpha value is -3.45. The zero-order valence-electron chi connectivity index (χ0n) is 15.0. The third-order valence-corrected chi connectivity index (χ3v) is 5.17. The lowest BCUT2D eigenvalue weighted by atomic mass is 9.83. The summed E-state index contributed by atoms with van der Waals surface area (Å²) in [6.07, 6.45) is 1.76. The number of nitrogen functional groups attached to an aromatic ring is 1. The van der Waals surface area contributed by atoms with Gasteiger partial charge in [0.25, 0.3) is 0 Å². The molecule has 0 fully saturated rings. The summed E-state index contributed by atoms with van der Waals surface area (Å²) >= 11 is 5.21. The second kappa shape index (κ2) is 6.31. The molecule has 0 bridgehead atoms. The van der Waals surface area contributed by atoms with E-state index in [0.29, 0.717) is 11.7 Å². The van der Waals surface area contributed by atoms with Crippen LogP contribution in [0.15, 0.2) is 54.7 Å². The highest BCUT2D eigenvalue weighted by molar-refractivity contribution is 7.71. The number of aromatic amines is 1. The first kappa shape index (κ1) is 16.7. The van der Waals surface area contributed by atoms with Crippen LogP contribution in [0, 0.1) is 4.77 Å². The number of nitrogens with one attached hydrogen (secondary N) is 1. The molecule has 3 heterocycles. The van der Waals surface area contributed by atoms with Gasteiger partial charge in [-0.2, -0.15) is 4.98 Å². The summed E-state index contributed by atoms with van der Waals surface area (Å²) in [7, 11) is 1.65. The molecule has 0 spiro atoms. The van der Waals surface area contributed by atoms with E-state index >= 15 is 0 Å². The van der Waals surface area contributed by atoms with Gasteiger partial charge in [0, 0.05) is 23.1 Å². The Labute approximate surface area is 166 Å². The zero-order valence-corrected chi connectivity index (χ0v) is 15.8. The van der Waals surface area contributed by atoms with E-state index in [2.05, 4.69) is 15.0 Å². The zero-order chi connectivity index (χ0) is 19.3. The van der Waals surface area contributed by atoms with Crippen molar-refractivity contribution in [2.24, 2.45) is 0 Å². The van der Waals surface area contributed by atoms with Gasteiger partial charge in [0.1, 0.15) is 17.3 Å². The smallest absolute Gasteiger partial charge is 0.229 e. The van der Waals surface area contributed by atoms with Crippen molar-refractivity contribution in [1.82, 2.24) is 15.0 Å². The van der Waals surface area contributed by atoms with E-state index in [1.165, 1.54) is 0 Å². The Morgan fingerprint density at radius 1 is 1.14 bits per heavy atom. The van der Waals surface area contributed by atoms with Crippen LogP contribution >= 0.6 is 12.2 Å². The van der Waals surface area contributed by atoms with Crippen LogP contribution in [0.5, 0.6) is 17.4 Å². The second-order valence-electron chi connectivity index (χ2n) is 6.54. The lowest BCUT2D eigenvalue weighted by Gasteiger charge is -2.29. The summed E-state index contributed by atoms with van der Waals surface area (Å²) in [5, 5.41) is 0.920. The minimum atomic E-state index is -0.159. The molecule has 6 nitrogen and oxygen atoms in total. The molecule has 0 radical (unpaired) electrons. The third kappa shape index (κ3) is 2.51. The number of ether oxygens (including phenoxy) is 2. The van der Waals surface area contributed by atoms with Crippen LogP contribution in [-0.2, 0) is 0 Å². The number of hydrogen-bond donors (Lipinski definition) is 2. The van der Waals surface area contributed by atoms with Crippen LogP contribution in [0.1, 0.15) is 22.6 Å². The summed E-state index contributed by atoms with van der Waals surface area (Å²) in [5.74, 6) is 2.23. The monoisotopic (exact) mass is 388 g/mol. The molecule has 28 heavy (non-hydrogen) atoms. The maximum atomic E-state index is 6.32. The van der Waals surface area contributed by atoms with Crippen molar-refractivity contribution in [2.75, 3.05) is 12.8 Å². The quantitative estimate of drug-likeness (QED) is 0.431. The fraction of sp³-hybridized carbons (Fsp3) is 0.0952. The summed E-state index contributed by atoms with van der Waals surface area (Å²) in [6, 6.07) is 15.8. The number of benzene rings is 2. The molecule has 2 aromatic carbocycles. The molecule has 0 saturated heterocycles. The Morgan fingerprint density at radius 2 is 1.96 bits per heavy atom. The van der Waals surface area contributed by atoms with E-state index in [-0.39, 0.29) is 10.7 Å². The van der Waals surface area contributed by atoms with Crippen LogP contribution < -0.4 is 15.2 Å². The number of rotatable bonds is 2. The number of methoxy groups -OCH3 is 1. The maximum absolute atomic E-state index is 6.32. The molecule has 138 valence electrons. The first-order chi connectivity index (χ1) is 13.7. The fourth-order valence-corrected chi connectivity index (χ4v) is 3.91. The number of hydrogen-bond acceptors (Lipinski definition) is 6. The molecule has 0 saturated carbocycles. The Bertz CT molecular complexity index is 1270. The Morgan fingerprint density at radius 3 is 2.75 bits per heavy atom. The molecule has 1 aliphatic heterocycles. The van der Waals surface area contributed by atoms with Crippen molar-refractivity contribution in [2.45, 2.75) is 5.92 Å². The largest absolute Gasteiger partial charge is 0.497 e. The molecule has 7 heteroatoms. The van der Waals surface area contributed by atoms with Crippen LogP contribution in [0.2, 0.25) is 0 Å². The summed E-state index contributed by atoms with van der Waals surface area (Å²) in [6.45, 7) is 0. The van der Waals surface area contributed by atoms with E-state index < -0.39 is 0 Å². The van der Waals surface area contributed by atoms with Crippen molar-refractivity contribution in [1.29, 1.82) is 0 Å². The first-order valence-electron chi connectivity index (χ1n) is 8.75. The number of aromatic nitrogens is 3. The lowest BCUT2D eigenvalue weighted by Crippen LogP contribution is -2.16. The number of nitrogens with two attached hydrogens (primary N) is 1. The number of fused-ring (bicyclic) bond motifs is 4. The second-order valence-corrected chi connectivity index (χ2v) is 6.92. The fourth-order valence-electron chi connectivity index (χ4n) is 3.71. The van der Waals surface area contributed by atoms with E-state index in [0.717, 1.165) is 39.1 Å². The van der Waals surface area contributed by atoms with Gasteiger partial charge in [-0.15, -0.1) is 0 Å². The molecule has 0 aliphatic carbocycles. The van der Waals surface area contributed by atoms with E-state index in [4.69, 9.17) is 27.4 Å². The molecule has 1 atom stereocenters. The average molecular weight is 388 g/mol. The highest BCUT2D eigenvalue weighted by Gasteiger charge is 2.33. The van der Waals surface area contributed by atoms with Gasteiger partial charge in [0.05, 0.1) is 18.2 Å². The number of anilines is 1. The number of nitrogens with zero attached hydrogens (tertiary/aromatic N) is 2. The van der Waals surface area contributed by atoms with Crippen molar-refractivity contribution in [3.05, 3.63) is 76.2 Å². The number of H-pyrrole nitrogens is 1. The van der Waals surface area contributed by atoms with Gasteiger partial charge >= 0.3 is 0 Å². The maximum Gasteiger partial charge on any atom is 0.229 e. The van der Waals surface area contributed by atoms with Gasteiger partial charge in [-0.3, -0.25) is 4.98 Å². The minimum Gasteiger partial charge on any atom is -0.497 e. The van der Waals surface area contributed by atoms with E-state index in [1.54, 1.807) is 13.3 Å². The van der Waals surface area contributed by atoms with Crippen LogP contribution in [0.25, 0.3) is 10.9 Å². The first-order valence-corrected chi connectivity index (χ1v) is 9.15. The third-order valence-electron chi connectivity index (χ3n) is 4.98. The molecule has 1 aliphatic rings. The SMILES string of the molecule is COc1ccc(C2c3ccc4ncccc4c3Oc3nc(=S)[nH]c(N)c32)cc1. The predicted octanol–water partition coefficient (Wildman–Crippen LogP) is 4.56. The van der Waals surface area contributed by atoms with Crippen LogP contribution in [0.3, 0.4) is 0 Å². The summed E-state index contributed by atoms with van der Waals surface area (Å²) in [4.78, 5) is 11.8. The van der Waals surface area contributed by atoms with Crippen molar-refractivity contribution >= 4 is 28.9 Å². The topological polar surface area (TPSA) is 86.0 Å². The molecule has 5 rings (SSSR count). The minimum absolute atomic E-state index is 0.159. The average Bonchev–Trinajstić information content (AvgIpc) is 2.72. The predicted molar refractivity (Wildman–Crippen MR) is 110 cm³/mol. The van der Waals surface area contributed by atoms with Gasteiger partial charge < -0.3 is 20.2 Å². The molecular weight excluding hydrogens is 372 g/mol. The normalized spacial score (nSPS) is 14.8. The summed E-state index contributed by atoms with van der Waals surface area (Å²) in [5.41, 5.74) is 9.99. The number of pyridine rings is 1. The van der Waals surface area contributed by atoms with Gasteiger partial charge in [0.2, 0.25) is 10.7 Å². The van der Waals surface area contributed by atoms with Gasteiger partial charge in [-0.1, -0.05) is 18.2 Å². The molecule has 2 aromatic heterocycles. The highest BCUT2D eigenvalue weighted by atomic mass is 32.1. The lowest BCUT2D eigenvalue weighted by molar-refractivity contribution is 0.414. The molecule has 0 amide bonds. The standard InChI is InChI=1S/C21H16N4O2S/c1-26-12-6-4-11(5-7-12)16-14-8-9-15-13(3-2-10-23-15)18(14)27-20-17(16)19(22)24-21(28)25-20/h2-10,16H,1H3,(H3,22,24,25,28). The van der Waals surface area contributed by atoms with Gasteiger partial charge in [-0.05, 0) is 48.1 Å². The van der Waals surface area contributed by atoms with Gasteiger partial charge in [0.15, 0.2) is 0 Å². The van der Waals surface area contributed by atoms with Crippen molar-refractivity contribution in [3.8, 4) is 17.4 Å². The van der Waals surface area contributed by atoms with Crippen LogP contribution in [-0.4, -0.2) is 22.1 Å². The van der Waals surface area contributed by atoms with Crippen molar-refractivity contribution < 1.29 is 9.47 Å². The molecule has 3 N–H and O–H groups in total. The van der Waals surface area contributed by atoms with E-state index in [1.807, 2.05) is 48.5 Å². The summed E-state index contributed by atoms with van der Waals surface area (Å²) < 4.78 is 11.8. The molecule has 1 unspecified atom stereocenters. The Kier molecular flexibility index (Phi) is 3.77.